The maximum Gasteiger partial charge on any atom is 0.308 e. The van der Waals surface area contributed by atoms with E-state index in [0.29, 0.717) is 55.0 Å². The minimum atomic E-state index is -0.716. The molecule has 1 aromatic heterocycles. The number of Topliss-reactive ketones (excluding diaryl/α,β-unsaturated/α-hetero) is 1. The summed E-state index contributed by atoms with van der Waals surface area (Å²) in [5.41, 5.74) is 0.960. The third kappa shape index (κ3) is 15.9. The molecule has 2 aromatic rings. The first-order valence-electron chi connectivity index (χ1n) is 18.4. The Morgan fingerprint density at radius 3 is 2.35 bits per heavy atom. The largest absolute Gasteiger partial charge is 0.508 e. The topological polar surface area (TPSA) is 164 Å². The Labute approximate surface area is 308 Å². The molecule has 2 aliphatic heterocycles. The van der Waals surface area contributed by atoms with E-state index in [1.807, 2.05) is 25.7 Å². The number of aromatic nitrogens is 1. The van der Waals surface area contributed by atoms with Crippen LogP contribution in [0.1, 0.15) is 109 Å². The van der Waals surface area contributed by atoms with Crippen molar-refractivity contribution in [3.05, 3.63) is 59.4 Å². The molecule has 2 fully saturated rings. The predicted molar refractivity (Wildman–Crippen MR) is 197 cm³/mol. The van der Waals surface area contributed by atoms with Crippen molar-refractivity contribution in [1.29, 1.82) is 0 Å². The van der Waals surface area contributed by atoms with Crippen LogP contribution < -0.4 is 10.6 Å². The fraction of sp³-hybridized carbons (Fsp3) is 0.600. The molecule has 52 heavy (non-hydrogen) atoms. The first-order chi connectivity index (χ1) is 24.5. The first kappa shape index (κ1) is 42.1. The van der Waals surface area contributed by atoms with Crippen molar-refractivity contribution in [2.24, 2.45) is 11.8 Å². The van der Waals surface area contributed by atoms with E-state index in [0.717, 1.165) is 38.8 Å². The summed E-state index contributed by atoms with van der Waals surface area (Å²) < 4.78 is 10.1. The van der Waals surface area contributed by atoms with Crippen LogP contribution in [-0.2, 0) is 46.3 Å². The highest BCUT2D eigenvalue weighted by atomic mass is 16.6. The summed E-state index contributed by atoms with van der Waals surface area (Å²) in [5, 5.41) is 16.1. The zero-order valence-corrected chi connectivity index (χ0v) is 31.7. The number of esters is 1. The summed E-state index contributed by atoms with van der Waals surface area (Å²) in [6.07, 6.45) is 8.34. The first-order valence-corrected chi connectivity index (χ1v) is 18.4. The molecule has 1 unspecified atom stereocenters. The molecule has 0 saturated carbocycles. The lowest BCUT2D eigenvalue weighted by Crippen LogP contribution is -2.46. The number of nitrogens with one attached hydrogen (secondary N) is 2. The molecule has 0 aliphatic carbocycles. The molecule has 3 heterocycles. The second-order valence-electron chi connectivity index (χ2n) is 15.8. The zero-order chi connectivity index (χ0) is 38.3. The van der Waals surface area contributed by atoms with Crippen molar-refractivity contribution < 1.29 is 38.6 Å². The second-order valence-corrected chi connectivity index (χ2v) is 15.8. The Kier molecular flexibility index (Phi) is 16.2. The van der Waals surface area contributed by atoms with Crippen LogP contribution in [0.2, 0.25) is 0 Å². The molecule has 1 aromatic carbocycles. The van der Waals surface area contributed by atoms with E-state index in [-0.39, 0.29) is 54.1 Å². The zero-order valence-electron chi connectivity index (χ0n) is 31.7. The van der Waals surface area contributed by atoms with Crippen LogP contribution >= 0.6 is 0 Å². The van der Waals surface area contributed by atoms with Gasteiger partial charge in [0.25, 0.3) is 6.47 Å². The van der Waals surface area contributed by atoms with Crippen molar-refractivity contribution >= 4 is 30.0 Å². The third-order valence-electron chi connectivity index (χ3n) is 8.81. The van der Waals surface area contributed by atoms with E-state index in [2.05, 4.69) is 20.4 Å². The highest BCUT2D eigenvalue weighted by molar-refractivity contribution is 5.84. The molecule has 2 saturated heterocycles. The summed E-state index contributed by atoms with van der Waals surface area (Å²) in [4.78, 5) is 68.1. The summed E-state index contributed by atoms with van der Waals surface area (Å²) in [7, 11) is 0. The fourth-order valence-corrected chi connectivity index (χ4v) is 6.29. The monoisotopic (exact) mass is 722 g/mol. The smallest absolute Gasteiger partial charge is 0.308 e. The quantitative estimate of drug-likeness (QED) is 0.189. The molecule has 2 amide bonds. The highest BCUT2D eigenvalue weighted by Crippen LogP contribution is 2.25. The summed E-state index contributed by atoms with van der Waals surface area (Å²) in [6, 6.07) is 7.67. The molecule has 4 rings (SSSR count). The summed E-state index contributed by atoms with van der Waals surface area (Å²) >= 11 is 0. The molecule has 0 spiro atoms. The number of phenolic OH excluding ortho intramolecular Hbond substituents is 1. The molecular formula is C40H58N4O8. The Bertz CT molecular complexity index is 1490. The fourth-order valence-electron chi connectivity index (χ4n) is 6.29. The van der Waals surface area contributed by atoms with Gasteiger partial charge in [0.05, 0.1) is 18.4 Å². The number of hydrogen-bond acceptors (Lipinski definition) is 10. The number of aromatic hydroxyl groups is 1. The molecule has 286 valence electrons. The van der Waals surface area contributed by atoms with Crippen molar-refractivity contribution in [2.45, 2.75) is 117 Å². The van der Waals surface area contributed by atoms with Gasteiger partial charge in [-0.05, 0) is 121 Å². The van der Waals surface area contributed by atoms with Gasteiger partial charge in [0, 0.05) is 44.7 Å². The minimum Gasteiger partial charge on any atom is -0.508 e. The van der Waals surface area contributed by atoms with Crippen LogP contribution in [0.3, 0.4) is 0 Å². The second kappa shape index (κ2) is 20.1. The van der Waals surface area contributed by atoms with E-state index in [1.54, 1.807) is 63.5 Å². The normalized spacial score (nSPS) is 17.2. The number of carbonyl (C=O) groups excluding carboxylic acids is 5. The van der Waals surface area contributed by atoms with Gasteiger partial charge in [-0.1, -0.05) is 18.2 Å². The summed E-state index contributed by atoms with van der Waals surface area (Å²) in [6.45, 7) is 14.3. The third-order valence-corrected chi connectivity index (χ3v) is 8.81. The van der Waals surface area contributed by atoms with Crippen LogP contribution in [0.4, 0.5) is 0 Å². The van der Waals surface area contributed by atoms with Crippen LogP contribution in [0.15, 0.2) is 42.7 Å². The lowest BCUT2D eigenvalue weighted by Gasteiger charge is -2.33. The van der Waals surface area contributed by atoms with Crippen molar-refractivity contribution in [3.8, 4) is 5.75 Å². The van der Waals surface area contributed by atoms with Crippen LogP contribution in [0, 0.1) is 11.8 Å². The minimum absolute atomic E-state index is 0.0561. The Morgan fingerprint density at radius 1 is 1.00 bits per heavy atom. The Morgan fingerprint density at radius 2 is 1.71 bits per heavy atom. The number of ketones is 1. The standard InChI is InChI=1S/C35H48N4O6.C5H10O2/c1-35(2,3)45-33(43)20-31(28-16-26(21-37-22-28)19-30(41)18-25-6-4-8-29(40)17-25)38-34(44)27-7-5-15-39(23-27)32(42)10-9-24-11-13-36-14-12-24;1-5(2,3)7-4-6/h4,6,8,16-17,21-22,24,27,31,36,40H,5,7,9-15,18-20,23H2,1-3H3,(H,38,44);4H,1-3H3/t27-,31?;/m1./s1. The number of phenols is 1. The molecular weight excluding hydrogens is 664 g/mol. The highest BCUT2D eigenvalue weighted by Gasteiger charge is 2.31. The number of rotatable bonds is 13. The van der Waals surface area contributed by atoms with Gasteiger partial charge in [0.2, 0.25) is 11.8 Å². The number of amides is 2. The lowest BCUT2D eigenvalue weighted by atomic mass is 9.92. The number of nitrogens with zero attached hydrogens (tertiary/aromatic N) is 2. The Balaban J connectivity index is 0.000000944. The molecule has 2 aliphatic rings. The number of hydrogen-bond donors (Lipinski definition) is 3. The van der Waals surface area contributed by atoms with Crippen molar-refractivity contribution in [1.82, 2.24) is 20.5 Å². The van der Waals surface area contributed by atoms with Gasteiger partial charge in [-0.25, -0.2) is 0 Å². The molecule has 3 N–H and O–H groups in total. The van der Waals surface area contributed by atoms with E-state index < -0.39 is 17.6 Å². The number of benzene rings is 1. The van der Waals surface area contributed by atoms with E-state index in [4.69, 9.17) is 4.74 Å². The van der Waals surface area contributed by atoms with Gasteiger partial charge < -0.3 is 30.1 Å². The van der Waals surface area contributed by atoms with E-state index in [1.165, 1.54) is 0 Å². The molecule has 0 bridgehead atoms. The number of carbonyl (C=O) groups is 5. The van der Waals surface area contributed by atoms with Gasteiger partial charge in [-0.3, -0.25) is 29.0 Å². The SMILES string of the molecule is CC(C)(C)OC(=O)CC(NC(=O)[C@@H]1CCCN(C(=O)CCC2CCNCC2)C1)c1cncc(CC(=O)Cc2cccc(O)c2)c1.CC(C)(C)OC=O. The van der Waals surface area contributed by atoms with Crippen LogP contribution in [0.25, 0.3) is 0 Å². The maximum atomic E-state index is 13.6. The number of piperidine rings is 2. The van der Waals surface area contributed by atoms with Gasteiger partial charge >= 0.3 is 5.97 Å². The Hall–Kier alpha value is -4.32. The van der Waals surface area contributed by atoms with Crippen molar-refractivity contribution in [2.75, 3.05) is 26.2 Å². The van der Waals surface area contributed by atoms with Gasteiger partial charge in [-0.15, -0.1) is 0 Å². The van der Waals surface area contributed by atoms with E-state index >= 15 is 0 Å². The van der Waals surface area contributed by atoms with Crippen LogP contribution in [-0.4, -0.2) is 82.4 Å². The van der Waals surface area contributed by atoms with Gasteiger partial charge in [0.1, 0.15) is 22.7 Å². The van der Waals surface area contributed by atoms with Crippen molar-refractivity contribution in [3.63, 3.8) is 0 Å². The predicted octanol–water partition coefficient (Wildman–Crippen LogP) is 5.01. The van der Waals surface area contributed by atoms with Gasteiger partial charge in [0.15, 0.2) is 0 Å². The maximum absolute atomic E-state index is 13.6. The average Bonchev–Trinajstić information content (AvgIpc) is 3.06. The van der Waals surface area contributed by atoms with Gasteiger partial charge in [-0.2, -0.15) is 0 Å². The molecule has 2 atom stereocenters. The molecule has 0 radical (unpaired) electrons. The number of pyridine rings is 1. The summed E-state index contributed by atoms with van der Waals surface area (Å²) in [5.74, 6) is -0.349. The molecule has 12 nitrogen and oxygen atoms in total. The average molecular weight is 723 g/mol. The van der Waals surface area contributed by atoms with Crippen LogP contribution in [0.5, 0.6) is 5.75 Å². The van der Waals surface area contributed by atoms with E-state index in [9.17, 15) is 29.1 Å². The number of likely N-dealkylation sites (tertiary alicyclic amines) is 1. The lowest BCUT2D eigenvalue weighted by molar-refractivity contribution is -0.155. The molecule has 12 heteroatoms. The number of ether oxygens (including phenoxy) is 2.